The number of para-hydroxylation sites is 1. The number of rotatable bonds is 3. The minimum atomic E-state index is -0.166. The summed E-state index contributed by atoms with van der Waals surface area (Å²) < 4.78 is 13.2. The lowest BCUT2D eigenvalue weighted by Gasteiger charge is -2.08. The molecular weight excluding hydrogens is 251 g/mol. The zero-order valence-corrected chi connectivity index (χ0v) is 11.2. The number of pyridine rings is 1. The predicted molar refractivity (Wildman–Crippen MR) is 80.2 cm³/mol. The highest BCUT2D eigenvalue weighted by Gasteiger charge is 2.00. The average Bonchev–Trinajstić information content (AvgIpc) is 2.48. The number of halogens is 1. The van der Waals surface area contributed by atoms with Gasteiger partial charge in [0.15, 0.2) is 0 Å². The van der Waals surface area contributed by atoms with Crippen molar-refractivity contribution < 1.29 is 4.39 Å². The van der Waals surface area contributed by atoms with E-state index in [1.807, 2.05) is 36.5 Å². The summed E-state index contributed by atoms with van der Waals surface area (Å²) in [5.41, 5.74) is 3.67. The van der Waals surface area contributed by atoms with Gasteiger partial charge < -0.3 is 5.32 Å². The summed E-state index contributed by atoms with van der Waals surface area (Å²) in [4.78, 5) is 4.40. The number of nitrogens with one attached hydrogen (secondary N) is 1. The molecule has 3 aromatic rings. The van der Waals surface area contributed by atoms with Crippen LogP contribution in [0.3, 0.4) is 0 Å². The van der Waals surface area contributed by atoms with Crippen molar-refractivity contribution in [1.82, 2.24) is 4.98 Å². The summed E-state index contributed by atoms with van der Waals surface area (Å²) in [7, 11) is 0. The maximum Gasteiger partial charge on any atom is 0.126 e. The van der Waals surface area contributed by atoms with E-state index in [0.717, 1.165) is 22.2 Å². The molecular formula is C17H15FN2. The number of aromatic nitrogens is 1. The Bertz CT molecular complexity index is 753. The third-order valence-electron chi connectivity index (χ3n) is 3.31. The van der Waals surface area contributed by atoms with Crippen molar-refractivity contribution in [3.05, 3.63) is 71.7 Å². The molecule has 0 aliphatic rings. The van der Waals surface area contributed by atoms with Crippen LogP contribution in [0.4, 0.5) is 10.1 Å². The Labute approximate surface area is 117 Å². The fourth-order valence-corrected chi connectivity index (χ4v) is 2.19. The third-order valence-corrected chi connectivity index (χ3v) is 3.31. The van der Waals surface area contributed by atoms with Crippen LogP contribution in [0.1, 0.15) is 11.1 Å². The summed E-state index contributed by atoms with van der Waals surface area (Å²) in [5.74, 6) is -0.166. The standard InChI is InChI=1S/C17H15FN2/c1-12-8-13(6-7-16(12)18)10-19-15-9-14-4-2-3-5-17(14)20-11-15/h2-9,11,19H,10H2,1H3. The van der Waals surface area contributed by atoms with E-state index in [-0.39, 0.29) is 5.82 Å². The van der Waals surface area contributed by atoms with Crippen LogP contribution in [0, 0.1) is 12.7 Å². The maximum absolute atomic E-state index is 13.2. The van der Waals surface area contributed by atoms with Crippen LogP contribution in [-0.2, 0) is 6.54 Å². The van der Waals surface area contributed by atoms with Crippen LogP contribution >= 0.6 is 0 Å². The van der Waals surface area contributed by atoms with Gasteiger partial charge in [-0.3, -0.25) is 4.98 Å². The smallest absolute Gasteiger partial charge is 0.126 e. The van der Waals surface area contributed by atoms with Gasteiger partial charge in [-0.05, 0) is 36.2 Å². The van der Waals surface area contributed by atoms with Crippen LogP contribution in [-0.4, -0.2) is 4.98 Å². The molecule has 0 aliphatic heterocycles. The number of anilines is 1. The Morgan fingerprint density at radius 1 is 1.10 bits per heavy atom. The lowest BCUT2D eigenvalue weighted by atomic mass is 10.1. The van der Waals surface area contributed by atoms with Gasteiger partial charge in [0.05, 0.1) is 17.4 Å². The molecule has 0 atom stereocenters. The average molecular weight is 266 g/mol. The van der Waals surface area contributed by atoms with Gasteiger partial charge >= 0.3 is 0 Å². The van der Waals surface area contributed by atoms with E-state index < -0.39 is 0 Å². The molecule has 0 spiro atoms. The molecule has 0 saturated carbocycles. The normalized spacial score (nSPS) is 10.7. The Hall–Kier alpha value is -2.42. The first-order chi connectivity index (χ1) is 9.72. The predicted octanol–water partition coefficient (Wildman–Crippen LogP) is 4.29. The second kappa shape index (κ2) is 5.29. The van der Waals surface area contributed by atoms with Gasteiger partial charge in [-0.25, -0.2) is 4.39 Å². The Balaban J connectivity index is 1.77. The van der Waals surface area contributed by atoms with Gasteiger partial charge in [0.25, 0.3) is 0 Å². The number of benzene rings is 2. The molecule has 20 heavy (non-hydrogen) atoms. The second-order valence-electron chi connectivity index (χ2n) is 4.85. The molecule has 2 nitrogen and oxygen atoms in total. The molecule has 0 amide bonds. The van der Waals surface area contributed by atoms with E-state index in [1.54, 1.807) is 13.0 Å². The zero-order chi connectivity index (χ0) is 13.9. The van der Waals surface area contributed by atoms with Crippen molar-refractivity contribution in [1.29, 1.82) is 0 Å². The number of hydrogen-bond donors (Lipinski definition) is 1. The number of fused-ring (bicyclic) bond motifs is 1. The molecule has 1 aromatic heterocycles. The van der Waals surface area contributed by atoms with Crippen LogP contribution in [0.25, 0.3) is 10.9 Å². The van der Waals surface area contributed by atoms with Gasteiger partial charge in [-0.1, -0.05) is 30.3 Å². The van der Waals surface area contributed by atoms with Crippen molar-refractivity contribution in [3.8, 4) is 0 Å². The van der Waals surface area contributed by atoms with Crippen LogP contribution in [0.5, 0.6) is 0 Å². The van der Waals surface area contributed by atoms with Crippen molar-refractivity contribution in [2.24, 2.45) is 0 Å². The molecule has 3 rings (SSSR count). The van der Waals surface area contributed by atoms with Gasteiger partial charge in [-0.2, -0.15) is 0 Å². The molecule has 0 saturated heterocycles. The molecule has 0 unspecified atom stereocenters. The molecule has 1 heterocycles. The summed E-state index contributed by atoms with van der Waals surface area (Å²) in [6.07, 6.45) is 1.82. The minimum Gasteiger partial charge on any atom is -0.380 e. The molecule has 0 aliphatic carbocycles. The molecule has 100 valence electrons. The lowest BCUT2D eigenvalue weighted by molar-refractivity contribution is 0.617. The molecule has 2 aromatic carbocycles. The van der Waals surface area contributed by atoms with Gasteiger partial charge in [-0.15, -0.1) is 0 Å². The first-order valence-corrected chi connectivity index (χ1v) is 6.56. The van der Waals surface area contributed by atoms with Crippen molar-refractivity contribution in [2.75, 3.05) is 5.32 Å². The number of aryl methyl sites for hydroxylation is 1. The topological polar surface area (TPSA) is 24.9 Å². The van der Waals surface area contributed by atoms with E-state index >= 15 is 0 Å². The van der Waals surface area contributed by atoms with Crippen molar-refractivity contribution in [3.63, 3.8) is 0 Å². The highest BCUT2D eigenvalue weighted by atomic mass is 19.1. The number of hydrogen-bond acceptors (Lipinski definition) is 2. The first-order valence-electron chi connectivity index (χ1n) is 6.56. The Kier molecular flexibility index (Phi) is 3.33. The van der Waals surface area contributed by atoms with Crippen LogP contribution in [0.2, 0.25) is 0 Å². The fraction of sp³-hybridized carbons (Fsp3) is 0.118. The Morgan fingerprint density at radius 2 is 1.95 bits per heavy atom. The summed E-state index contributed by atoms with van der Waals surface area (Å²) in [5, 5.41) is 4.42. The number of nitrogens with zero attached hydrogens (tertiary/aromatic N) is 1. The summed E-state index contributed by atoms with van der Waals surface area (Å²) >= 11 is 0. The molecule has 0 bridgehead atoms. The van der Waals surface area contributed by atoms with E-state index in [9.17, 15) is 4.39 Å². The first kappa shape index (κ1) is 12.6. The highest BCUT2D eigenvalue weighted by molar-refractivity contribution is 5.81. The zero-order valence-electron chi connectivity index (χ0n) is 11.2. The summed E-state index contributed by atoms with van der Waals surface area (Å²) in [6.45, 7) is 2.43. The quantitative estimate of drug-likeness (QED) is 0.764. The van der Waals surface area contributed by atoms with Crippen LogP contribution < -0.4 is 5.32 Å². The van der Waals surface area contributed by atoms with Gasteiger partial charge in [0.1, 0.15) is 5.82 Å². The van der Waals surface area contributed by atoms with E-state index in [0.29, 0.717) is 12.1 Å². The van der Waals surface area contributed by atoms with E-state index in [4.69, 9.17) is 0 Å². The lowest BCUT2D eigenvalue weighted by Crippen LogP contribution is -2.00. The maximum atomic E-state index is 13.2. The molecule has 0 radical (unpaired) electrons. The molecule has 3 heteroatoms. The molecule has 1 N–H and O–H groups in total. The minimum absolute atomic E-state index is 0.166. The summed E-state index contributed by atoms with van der Waals surface area (Å²) in [6, 6.07) is 15.2. The largest absolute Gasteiger partial charge is 0.380 e. The van der Waals surface area contributed by atoms with E-state index in [1.165, 1.54) is 6.07 Å². The van der Waals surface area contributed by atoms with Gasteiger partial charge in [0.2, 0.25) is 0 Å². The van der Waals surface area contributed by atoms with Gasteiger partial charge in [0, 0.05) is 11.9 Å². The second-order valence-corrected chi connectivity index (χ2v) is 4.85. The SMILES string of the molecule is Cc1cc(CNc2cnc3ccccc3c2)ccc1F. The van der Waals surface area contributed by atoms with Crippen molar-refractivity contribution in [2.45, 2.75) is 13.5 Å². The van der Waals surface area contributed by atoms with Crippen molar-refractivity contribution >= 4 is 16.6 Å². The highest BCUT2D eigenvalue weighted by Crippen LogP contribution is 2.17. The van der Waals surface area contributed by atoms with Crippen LogP contribution in [0.15, 0.2) is 54.7 Å². The third kappa shape index (κ3) is 2.62. The fourth-order valence-electron chi connectivity index (χ4n) is 2.19. The Morgan fingerprint density at radius 3 is 2.80 bits per heavy atom. The molecule has 0 fully saturated rings. The van der Waals surface area contributed by atoms with E-state index in [2.05, 4.69) is 16.4 Å². The monoisotopic (exact) mass is 266 g/mol.